The molecule has 0 bridgehead atoms. The van der Waals surface area contributed by atoms with Gasteiger partial charge in [-0.3, -0.25) is 18.7 Å². The van der Waals surface area contributed by atoms with Crippen molar-refractivity contribution in [2.45, 2.75) is 38.0 Å². The molecule has 18 heteroatoms. The molecule has 226 valence electrons. The highest BCUT2D eigenvalue weighted by Crippen LogP contribution is 2.36. The topological polar surface area (TPSA) is 163 Å². The number of amides is 2. The first-order chi connectivity index (χ1) is 20.5. The van der Waals surface area contributed by atoms with Crippen molar-refractivity contribution < 1.29 is 42.4 Å². The maximum Gasteiger partial charge on any atom is 0.378 e. The van der Waals surface area contributed by atoms with Crippen LogP contribution in [0, 0.1) is 6.92 Å². The van der Waals surface area contributed by atoms with Crippen LogP contribution in [0.2, 0.25) is 4.34 Å². The first kappa shape index (κ1) is 32.9. The molecule has 2 radical (unpaired) electrons. The van der Waals surface area contributed by atoms with E-state index in [1.807, 2.05) is 22.6 Å². The minimum absolute atomic E-state index is 0.00337. The molecule has 13 nitrogen and oxygen atoms in total. The van der Waals surface area contributed by atoms with Gasteiger partial charge in [0.25, 0.3) is 11.8 Å². The Kier molecular flexibility index (Phi) is 10.8. The summed E-state index contributed by atoms with van der Waals surface area (Å²) in [5.41, 5.74) is 0.669. The molecule has 2 aromatic rings. The van der Waals surface area contributed by atoms with Gasteiger partial charge in [0.15, 0.2) is 5.71 Å². The average Bonchev–Trinajstić information content (AvgIpc) is 3.34. The van der Waals surface area contributed by atoms with Crippen LogP contribution < -0.4 is 10.1 Å². The van der Waals surface area contributed by atoms with Gasteiger partial charge in [-0.25, -0.2) is 14.6 Å². The second kappa shape index (κ2) is 14.2. The summed E-state index contributed by atoms with van der Waals surface area (Å²) < 4.78 is 28.4. The van der Waals surface area contributed by atoms with E-state index in [-0.39, 0.29) is 28.1 Å². The number of benzene rings is 1. The fourth-order valence-corrected chi connectivity index (χ4v) is 7.89. The molecule has 3 heterocycles. The Morgan fingerprint density at radius 3 is 2.60 bits per heavy atom. The molecular formula is C25H23BClIN4O9S2. The van der Waals surface area contributed by atoms with Crippen LogP contribution in [-0.2, 0) is 50.8 Å². The number of rotatable bonds is 11. The maximum atomic E-state index is 13.4. The lowest BCUT2D eigenvalue weighted by molar-refractivity contribution is -0.153. The molecule has 4 atom stereocenters. The Labute approximate surface area is 272 Å². The lowest BCUT2D eigenvalue weighted by Crippen LogP contribution is -2.74. The molecule has 0 saturated carbocycles. The van der Waals surface area contributed by atoms with Gasteiger partial charge in [-0.1, -0.05) is 51.5 Å². The van der Waals surface area contributed by atoms with Crippen LogP contribution >= 0.6 is 45.5 Å². The fraction of sp³-hybridized carbons (Fsp3) is 0.360. The summed E-state index contributed by atoms with van der Waals surface area (Å²) in [6.45, 7) is 2.86. The van der Waals surface area contributed by atoms with Crippen LogP contribution in [0.25, 0.3) is 0 Å². The van der Waals surface area contributed by atoms with E-state index in [1.165, 1.54) is 14.0 Å². The second-order valence-corrected chi connectivity index (χ2v) is 13.2. The molecule has 1 aromatic carbocycles. The maximum absolute atomic E-state index is 13.4. The third-order valence-corrected chi connectivity index (χ3v) is 10.0. The molecule has 1 saturated heterocycles. The van der Waals surface area contributed by atoms with Crippen LogP contribution in [0.1, 0.15) is 23.2 Å². The van der Waals surface area contributed by atoms with Crippen molar-refractivity contribution in [3.8, 4) is 5.75 Å². The Balaban J connectivity index is 1.54. The van der Waals surface area contributed by atoms with E-state index in [0.717, 1.165) is 16.2 Å². The van der Waals surface area contributed by atoms with Crippen LogP contribution in [0.5, 0.6) is 5.75 Å². The van der Waals surface area contributed by atoms with Gasteiger partial charge < -0.3 is 24.3 Å². The molecule has 0 aliphatic carbocycles. The predicted octanol–water partition coefficient (Wildman–Crippen LogP) is 1.70. The van der Waals surface area contributed by atoms with Crippen molar-refractivity contribution in [3.63, 3.8) is 0 Å². The second-order valence-electron chi connectivity index (χ2n) is 9.06. The van der Waals surface area contributed by atoms with Crippen LogP contribution in [0.15, 0.2) is 40.7 Å². The summed E-state index contributed by atoms with van der Waals surface area (Å²) >= 11 is 9.34. The molecule has 1 fully saturated rings. The van der Waals surface area contributed by atoms with Crippen molar-refractivity contribution in [2.75, 3.05) is 17.3 Å². The van der Waals surface area contributed by atoms with Crippen molar-refractivity contribution in [1.29, 1.82) is 0 Å². The highest BCUT2D eigenvalue weighted by Gasteiger charge is 2.57. The van der Waals surface area contributed by atoms with Crippen LogP contribution in [-0.4, -0.2) is 86.4 Å². The third-order valence-electron chi connectivity index (χ3n) is 6.26. The molecule has 43 heavy (non-hydrogen) atoms. The number of hydrogen-bond acceptors (Lipinski definition) is 12. The Morgan fingerprint density at radius 2 is 2.02 bits per heavy atom. The number of alkyl halides is 1. The average molecular weight is 761 g/mol. The number of ether oxygens (including phenoxy) is 2. The lowest BCUT2D eigenvalue weighted by Gasteiger charge is -2.49. The zero-order valence-corrected chi connectivity index (χ0v) is 27.4. The molecular weight excluding hydrogens is 738 g/mol. The number of carbonyl (C=O) groups is 4. The Bertz CT molecular complexity index is 1530. The standard InChI is InChI=1S/C25H23BClIN4O9S2/c1-11(24(35)40-26)41-31-17(16-20(27)42-12(2)29-16)21(33)30-18-22(34)32-19(14(8-28)10-43(37)23(18)32)25(36)39-9-13-4-6-15(38-3)7-5-13/h4-7,11,18,23H,8-10H2,1-3H3,(H,30,33)/b31-17+/t11-,18?,23+,43?/m0/s1. The molecule has 1 N–H and O–H groups in total. The van der Waals surface area contributed by atoms with Gasteiger partial charge >= 0.3 is 20.0 Å². The first-order valence-corrected chi connectivity index (χ1v) is 16.5. The molecule has 2 unspecified atom stereocenters. The minimum Gasteiger partial charge on any atom is -0.541 e. The zero-order chi connectivity index (χ0) is 31.4. The number of aromatic nitrogens is 1. The van der Waals surface area contributed by atoms with Gasteiger partial charge in [-0.05, 0) is 37.1 Å². The first-order valence-electron chi connectivity index (χ1n) is 12.4. The summed E-state index contributed by atoms with van der Waals surface area (Å²) in [5, 5.41) is 5.70. The highest BCUT2D eigenvalue weighted by molar-refractivity contribution is 14.1. The molecule has 1 aromatic heterocycles. The molecule has 0 spiro atoms. The molecule has 4 rings (SSSR count). The normalized spacial score (nSPS) is 20.5. The SMILES string of the molecule is [B]OC(=O)[C@H](C)O/N=C(/C(=O)NC1C(=O)N2C(C(=O)OCc3ccc(OC)cc3)=C(CI)CS(=O)[C@H]12)c1nc(C)sc1Cl. The van der Waals surface area contributed by atoms with E-state index in [9.17, 15) is 23.4 Å². The van der Waals surface area contributed by atoms with E-state index < -0.39 is 57.8 Å². The number of halogens is 2. The number of methoxy groups -OCH3 is 1. The van der Waals surface area contributed by atoms with Gasteiger partial charge in [0.05, 0.1) is 28.7 Å². The molecule has 2 amide bonds. The number of thiazole rings is 1. The number of esters is 1. The predicted molar refractivity (Wildman–Crippen MR) is 165 cm³/mol. The summed E-state index contributed by atoms with van der Waals surface area (Å²) in [6.07, 6.45) is -1.29. The largest absolute Gasteiger partial charge is 0.541 e. The summed E-state index contributed by atoms with van der Waals surface area (Å²) in [6, 6.07) is 5.63. The number of β-lactam (4-membered cyclic amide) rings is 1. The Hall–Kier alpha value is -3.03. The van der Waals surface area contributed by atoms with Gasteiger partial charge in [0.2, 0.25) is 6.10 Å². The van der Waals surface area contributed by atoms with E-state index >= 15 is 0 Å². The van der Waals surface area contributed by atoms with E-state index in [4.69, 9.17) is 34.0 Å². The summed E-state index contributed by atoms with van der Waals surface area (Å²) in [7, 11) is 4.74. The smallest absolute Gasteiger partial charge is 0.378 e. The van der Waals surface area contributed by atoms with Gasteiger partial charge in [-0.2, -0.15) is 0 Å². The van der Waals surface area contributed by atoms with Crippen molar-refractivity contribution in [2.24, 2.45) is 5.16 Å². The minimum atomic E-state index is -1.66. The fourth-order valence-electron chi connectivity index (χ4n) is 4.10. The summed E-state index contributed by atoms with van der Waals surface area (Å²) in [5.74, 6) is -2.70. The number of fused-ring (bicyclic) bond motifs is 1. The number of oxime groups is 1. The van der Waals surface area contributed by atoms with Crippen LogP contribution in [0.4, 0.5) is 0 Å². The molecule has 2 aliphatic heterocycles. The number of aryl methyl sites for hydroxylation is 1. The number of carbonyl (C=O) groups excluding carboxylic acids is 4. The Morgan fingerprint density at radius 1 is 1.33 bits per heavy atom. The van der Waals surface area contributed by atoms with Crippen molar-refractivity contribution >= 4 is 93.8 Å². The number of hydrogen-bond donors (Lipinski definition) is 1. The summed E-state index contributed by atoms with van der Waals surface area (Å²) in [4.78, 5) is 62.0. The van der Waals surface area contributed by atoms with Crippen molar-refractivity contribution in [3.05, 3.63) is 56.1 Å². The quantitative estimate of drug-likeness (QED) is 0.0679. The van der Waals surface area contributed by atoms with Gasteiger partial charge in [-0.15, -0.1) is 11.3 Å². The zero-order valence-electron chi connectivity index (χ0n) is 22.8. The van der Waals surface area contributed by atoms with Gasteiger partial charge in [0.1, 0.15) is 39.5 Å². The number of nitrogens with one attached hydrogen (secondary N) is 1. The van der Waals surface area contributed by atoms with Crippen LogP contribution in [0.3, 0.4) is 0 Å². The molecule has 2 aliphatic rings. The number of nitrogens with zero attached hydrogens (tertiary/aromatic N) is 3. The lowest BCUT2D eigenvalue weighted by atomic mass is 10.0. The van der Waals surface area contributed by atoms with Crippen molar-refractivity contribution in [1.82, 2.24) is 15.2 Å². The third kappa shape index (κ3) is 7.04. The monoisotopic (exact) mass is 760 g/mol. The highest BCUT2D eigenvalue weighted by atomic mass is 127. The van der Waals surface area contributed by atoms with E-state index in [2.05, 4.69) is 20.1 Å². The van der Waals surface area contributed by atoms with E-state index in [1.54, 1.807) is 31.2 Å². The van der Waals surface area contributed by atoms with Gasteiger partial charge in [0, 0.05) is 4.43 Å². The van der Waals surface area contributed by atoms with E-state index in [0.29, 0.717) is 26.3 Å².